The van der Waals surface area contributed by atoms with Gasteiger partial charge in [-0.2, -0.15) is 0 Å². The van der Waals surface area contributed by atoms with Crippen LogP contribution in [0.4, 0.5) is 0 Å². The van der Waals surface area contributed by atoms with Crippen LogP contribution in [0.2, 0.25) is 0 Å². The summed E-state index contributed by atoms with van der Waals surface area (Å²) in [6.07, 6.45) is 7.55. The molecule has 0 bridgehead atoms. The lowest BCUT2D eigenvalue weighted by atomic mass is 9.95. The van der Waals surface area contributed by atoms with E-state index in [2.05, 4.69) is 5.32 Å². The molecule has 0 fully saturated rings. The van der Waals surface area contributed by atoms with Crippen molar-refractivity contribution in [1.82, 2.24) is 29.8 Å². The van der Waals surface area contributed by atoms with Gasteiger partial charge in [0.2, 0.25) is 23.6 Å². The first-order chi connectivity index (χ1) is 25.8. The van der Waals surface area contributed by atoms with Crippen LogP contribution in [0.5, 0.6) is 0 Å². The van der Waals surface area contributed by atoms with Crippen molar-refractivity contribution in [2.24, 2.45) is 5.92 Å². The molecule has 0 aromatic heterocycles. The largest absolute Gasteiger partial charge is 0.344 e. The minimum Gasteiger partial charge on any atom is -0.344 e. The van der Waals surface area contributed by atoms with Crippen LogP contribution in [0.25, 0.3) is 0 Å². The van der Waals surface area contributed by atoms with Crippen LogP contribution in [0.1, 0.15) is 84.3 Å². The highest BCUT2D eigenvalue weighted by atomic mass is 16.2. The second-order valence-electron chi connectivity index (χ2n) is 15.6. The average Bonchev–Trinajstić information content (AvgIpc) is 3.11. The number of aryl methyl sites for hydroxylation is 1. The molecule has 4 amide bonds. The molecule has 1 heterocycles. The molecular weight excluding hydrogens is 700 g/mol. The van der Waals surface area contributed by atoms with Crippen LogP contribution in [0.15, 0.2) is 36.4 Å². The normalized spacial score (nSPS) is 18.0. The maximum Gasteiger partial charge on any atom is 0.245 e. The first kappa shape index (κ1) is 46.9. The van der Waals surface area contributed by atoms with Gasteiger partial charge in [0.1, 0.15) is 23.7 Å². The third-order valence-corrected chi connectivity index (χ3v) is 10.7. The Hall–Kier alpha value is -4.23. The number of amides is 4. The second-order valence-corrected chi connectivity index (χ2v) is 15.6. The second kappa shape index (κ2) is 22.4. The molecule has 0 spiro atoms. The number of nitrogens with one attached hydrogen (secondary N) is 1. The quantitative estimate of drug-likeness (QED) is 0.187. The monoisotopic (exact) mass is 766 g/mol. The van der Waals surface area contributed by atoms with Gasteiger partial charge in [-0.05, 0) is 98.1 Å². The first-order valence-corrected chi connectivity index (χ1v) is 19.5. The van der Waals surface area contributed by atoms with Crippen molar-refractivity contribution in [3.63, 3.8) is 0 Å². The number of ketones is 3. The van der Waals surface area contributed by atoms with Crippen LogP contribution in [0.3, 0.4) is 0 Å². The summed E-state index contributed by atoms with van der Waals surface area (Å²) in [6, 6.07) is 4.42. The molecule has 0 saturated carbocycles. The number of benzene rings is 1. The summed E-state index contributed by atoms with van der Waals surface area (Å²) in [4.78, 5) is 99.7. The maximum absolute atomic E-state index is 13.9. The fourth-order valence-electron chi connectivity index (χ4n) is 7.07. The minimum absolute atomic E-state index is 0.0485. The summed E-state index contributed by atoms with van der Waals surface area (Å²) < 4.78 is 0. The van der Waals surface area contributed by atoms with Crippen molar-refractivity contribution < 1.29 is 33.6 Å². The van der Waals surface area contributed by atoms with Gasteiger partial charge in [-0.3, -0.25) is 43.4 Å². The number of carbonyl (C=O) groups is 7. The smallest absolute Gasteiger partial charge is 0.245 e. The third kappa shape index (κ3) is 14.1. The van der Waals surface area contributed by atoms with E-state index in [-0.39, 0.29) is 60.4 Å². The Bertz CT molecular complexity index is 1520. The lowest BCUT2D eigenvalue weighted by Crippen LogP contribution is -2.56. The third-order valence-electron chi connectivity index (χ3n) is 10.7. The number of hydrogen-bond donors (Lipinski definition) is 1. The Morgan fingerprint density at radius 2 is 1.49 bits per heavy atom. The van der Waals surface area contributed by atoms with Gasteiger partial charge in [0.05, 0.1) is 24.7 Å². The van der Waals surface area contributed by atoms with Crippen LogP contribution in [0, 0.1) is 5.92 Å². The van der Waals surface area contributed by atoms with Crippen LogP contribution < -0.4 is 5.32 Å². The molecule has 13 heteroatoms. The van der Waals surface area contributed by atoms with Crippen molar-refractivity contribution in [3.8, 4) is 0 Å². The molecule has 1 N–H and O–H groups in total. The van der Waals surface area contributed by atoms with E-state index in [0.717, 1.165) is 11.1 Å². The lowest BCUT2D eigenvalue weighted by Gasteiger charge is -2.37. The first-order valence-electron chi connectivity index (χ1n) is 19.5. The van der Waals surface area contributed by atoms with Gasteiger partial charge in [0, 0.05) is 33.5 Å². The van der Waals surface area contributed by atoms with Crippen molar-refractivity contribution in [2.75, 3.05) is 55.4 Å². The Labute approximate surface area is 328 Å². The molecule has 1 aliphatic heterocycles. The highest BCUT2D eigenvalue weighted by Gasteiger charge is 2.37. The standard InChI is InChI=1S/C42H66N6O7/c1-12-28(2)39(31(5)51)43-40(53)34(47(11)38(52)26-36(30(4)50)45(8)9)19-16-17-32-20-22-33(23-21-32)25-37(41(54)46(10)27-29(3)49)48-24-15-13-14-18-35(42(48)55)44(6)7/h13-14,20-23,28,34-37,39H,12,15-19,24-27H2,1-11H3,(H,43,53)/b14-13-/t28-,34-,35-,36-,37-,39-/m0/s1. The summed E-state index contributed by atoms with van der Waals surface area (Å²) in [5.41, 5.74) is 1.84. The molecule has 0 radical (unpaired) electrons. The molecule has 306 valence electrons. The van der Waals surface area contributed by atoms with E-state index in [0.29, 0.717) is 45.1 Å². The van der Waals surface area contributed by atoms with E-state index in [9.17, 15) is 33.6 Å². The summed E-state index contributed by atoms with van der Waals surface area (Å²) in [6.45, 7) is 8.51. The molecule has 55 heavy (non-hydrogen) atoms. The maximum atomic E-state index is 13.9. The number of hydrogen-bond acceptors (Lipinski definition) is 9. The van der Waals surface area contributed by atoms with E-state index in [1.165, 1.54) is 30.6 Å². The predicted octanol–water partition coefficient (Wildman–Crippen LogP) is 2.93. The zero-order chi connectivity index (χ0) is 41.6. The number of nitrogens with zero attached hydrogens (tertiary/aromatic N) is 5. The van der Waals surface area contributed by atoms with Crippen LogP contribution in [-0.2, 0) is 46.4 Å². The van der Waals surface area contributed by atoms with Crippen molar-refractivity contribution >= 4 is 41.0 Å². The molecule has 0 unspecified atom stereocenters. The molecular formula is C42H66N6O7. The lowest BCUT2D eigenvalue weighted by molar-refractivity contribution is -0.148. The van der Waals surface area contributed by atoms with Crippen molar-refractivity contribution in [2.45, 2.75) is 116 Å². The Morgan fingerprint density at radius 1 is 0.873 bits per heavy atom. The Kier molecular flexibility index (Phi) is 19.1. The van der Waals surface area contributed by atoms with Gasteiger partial charge in [-0.25, -0.2) is 0 Å². The zero-order valence-electron chi connectivity index (χ0n) is 35.1. The Morgan fingerprint density at radius 3 is 2.02 bits per heavy atom. The van der Waals surface area contributed by atoms with Gasteiger partial charge in [0.25, 0.3) is 0 Å². The van der Waals surface area contributed by atoms with Crippen LogP contribution >= 0.6 is 0 Å². The molecule has 13 nitrogen and oxygen atoms in total. The van der Waals surface area contributed by atoms with E-state index in [1.807, 2.05) is 69.3 Å². The van der Waals surface area contributed by atoms with Gasteiger partial charge in [-0.1, -0.05) is 56.7 Å². The number of carbonyl (C=O) groups excluding carboxylic acids is 7. The topological polar surface area (TPSA) is 148 Å². The van der Waals surface area contributed by atoms with Gasteiger partial charge in [0.15, 0.2) is 5.78 Å². The molecule has 6 atom stereocenters. The summed E-state index contributed by atoms with van der Waals surface area (Å²) >= 11 is 0. The fourth-order valence-corrected chi connectivity index (χ4v) is 7.07. The van der Waals surface area contributed by atoms with E-state index in [1.54, 1.807) is 38.0 Å². The molecule has 1 aromatic carbocycles. The highest BCUT2D eigenvalue weighted by molar-refractivity contribution is 5.94. The fraction of sp³-hybridized carbons (Fsp3) is 0.643. The molecule has 0 saturated heterocycles. The molecule has 1 aromatic rings. The zero-order valence-corrected chi connectivity index (χ0v) is 35.1. The molecule has 2 rings (SSSR count). The minimum atomic E-state index is -0.859. The molecule has 1 aliphatic rings. The average molecular weight is 767 g/mol. The van der Waals surface area contributed by atoms with E-state index >= 15 is 0 Å². The Balaban J connectivity index is 2.31. The predicted molar refractivity (Wildman–Crippen MR) is 214 cm³/mol. The number of Topliss-reactive ketones (excluding diaryl/α,β-unsaturated/α-hetero) is 3. The van der Waals surface area contributed by atoms with Gasteiger partial charge < -0.3 is 20.0 Å². The van der Waals surface area contributed by atoms with Crippen molar-refractivity contribution in [1.29, 1.82) is 0 Å². The summed E-state index contributed by atoms with van der Waals surface area (Å²) in [5.74, 6) is -1.71. The van der Waals surface area contributed by atoms with Crippen molar-refractivity contribution in [3.05, 3.63) is 47.5 Å². The summed E-state index contributed by atoms with van der Waals surface area (Å²) in [7, 11) is 10.3. The van der Waals surface area contributed by atoms with Gasteiger partial charge in [-0.15, -0.1) is 0 Å². The highest BCUT2D eigenvalue weighted by Crippen LogP contribution is 2.21. The van der Waals surface area contributed by atoms with E-state index in [4.69, 9.17) is 0 Å². The molecule has 0 aliphatic carbocycles. The van der Waals surface area contributed by atoms with Gasteiger partial charge >= 0.3 is 0 Å². The summed E-state index contributed by atoms with van der Waals surface area (Å²) in [5, 5.41) is 2.91. The van der Waals surface area contributed by atoms with E-state index < -0.39 is 36.1 Å². The van der Waals surface area contributed by atoms with Crippen LogP contribution in [-0.4, -0.2) is 151 Å². The SMILES string of the molecule is CC[C@H](C)[C@H](NC(=O)[C@H](CCCc1ccc(C[C@@H](C(=O)N(C)CC(C)=O)N2CC/C=C\C[C@H](N(C)C)C2=O)cc1)N(C)C(=O)C[C@@H](C(C)=O)N(C)C)C(C)=O. The number of rotatable bonds is 21. The number of likely N-dealkylation sites (N-methyl/N-ethyl adjacent to an activating group) is 4.